The van der Waals surface area contributed by atoms with Crippen LogP contribution < -0.4 is 4.74 Å². The molecule has 0 spiro atoms. The molecular formula is C18H23BrO4. The summed E-state index contributed by atoms with van der Waals surface area (Å²) in [5, 5.41) is 0.320. The summed E-state index contributed by atoms with van der Waals surface area (Å²) in [6.45, 7) is 6.17. The molecule has 0 bridgehead atoms. The van der Waals surface area contributed by atoms with Gasteiger partial charge in [0.15, 0.2) is 5.78 Å². The monoisotopic (exact) mass is 382 g/mol. The molecule has 1 heterocycles. The maximum absolute atomic E-state index is 12.4. The van der Waals surface area contributed by atoms with Gasteiger partial charge in [0.05, 0.1) is 29.9 Å². The summed E-state index contributed by atoms with van der Waals surface area (Å²) in [4.78, 5) is 24.4. The number of rotatable bonds is 5. The minimum Gasteiger partial charge on any atom is -0.493 e. The number of benzene rings is 1. The SMILES string of the molecule is COC(=O)C(C)(C)Cc1cccc2c1OCCC2(C)C(=O)CBr. The predicted octanol–water partition coefficient (Wildman–Crippen LogP) is 3.43. The number of hydrogen-bond acceptors (Lipinski definition) is 4. The molecule has 1 atom stereocenters. The van der Waals surface area contributed by atoms with Crippen LogP contribution in [0, 0.1) is 5.41 Å². The number of halogens is 1. The number of carbonyl (C=O) groups excluding carboxylic acids is 2. The molecule has 0 fully saturated rings. The van der Waals surface area contributed by atoms with E-state index in [-0.39, 0.29) is 11.8 Å². The van der Waals surface area contributed by atoms with Gasteiger partial charge in [0.1, 0.15) is 5.75 Å². The van der Waals surface area contributed by atoms with Gasteiger partial charge in [0, 0.05) is 5.56 Å². The van der Waals surface area contributed by atoms with E-state index in [1.807, 2.05) is 39.0 Å². The fourth-order valence-electron chi connectivity index (χ4n) is 3.08. The third kappa shape index (κ3) is 3.30. The Morgan fingerprint density at radius 3 is 2.70 bits per heavy atom. The fraction of sp³-hybridized carbons (Fsp3) is 0.556. The van der Waals surface area contributed by atoms with Crippen LogP contribution in [0.3, 0.4) is 0 Å². The van der Waals surface area contributed by atoms with Gasteiger partial charge in [-0.3, -0.25) is 9.59 Å². The molecule has 0 amide bonds. The highest BCUT2D eigenvalue weighted by Gasteiger charge is 2.40. The number of methoxy groups -OCH3 is 1. The Kier molecular flexibility index (Phi) is 5.19. The van der Waals surface area contributed by atoms with Gasteiger partial charge in [0.2, 0.25) is 0 Å². The summed E-state index contributed by atoms with van der Waals surface area (Å²) in [7, 11) is 1.40. The van der Waals surface area contributed by atoms with E-state index in [1.165, 1.54) is 7.11 Å². The van der Waals surface area contributed by atoms with E-state index in [9.17, 15) is 9.59 Å². The lowest BCUT2D eigenvalue weighted by Gasteiger charge is -2.36. The number of esters is 1. The summed E-state index contributed by atoms with van der Waals surface area (Å²) >= 11 is 3.28. The summed E-state index contributed by atoms with van der Waals surface area (Å²) in [6.07, 6.45) is 1.16. The van der Waals surface area contributed by atoms with Crippen LogP contribution in [0.15, 0.2) is 18.2 Å². The van der Waals surface area contributed by atoms with Crippen molar-refractivity contribution in [3.8, 4) is 5.75 Å². The van der Waals surface area contributed by atoms with Gasteiger partial charge < -0.3 is 9.47 Å². The number of Topliss-reactive ketones (excluding diaryl/α,β-unsaturated/α-hetero) is 1. The number of fused-ring (bicyclic) bond motifs is 1. The molecular weight excluding hydrogens is 360 g/mol. The number of hydrogen-bond donors (Lipinski definition) is 0. The van der Waals surface area contributed by atoms with Gasteiger partial charge in [-0.1, -0.05) is 34.1 Å². The van der Waals surface area contributed by atoms with E-state index in [0.29, 0.717) is 24.8 Å². The zero-order valence-corrected chi connectivity index (χ0v) is 15.7. The van der Waals surface area contributed by atoms with E-state index >= 15 is 0 Å². The van der Waals surface area contributed by atoms with Gasteiger partial charge >= 0.3 is 5.97 Å². The van der Waals surface area contributed by atoms with Crippen LogP contribution in [-0.4, -0.2) is 30.8 Å². The molecule has 4 nitrogen and oxygen atoms in total. The minimum atomic E-state index is -0.652. The lowest BCUT2D eigenvalue weighted by molar-refractivity contribution is -0.150. The normalized spacial score (nSPS) is 20.4. The Hall–Kier alpha value is -1.36. The minimum absolute atomic E-state index is 0.145. The van der Waals surface area contributed by atoms with Crippen LogP contribution in [-0.2, 0) is 26.2 Å². The van der Waals surface area contributed by atoms with Gasteiger partial charge in [-0.25, -0.2) is 0 Å². The highest BCUT2D eigenvalue weighted by Crippen LogP contribution is 2.43. The summed E-state index contributed by atoms with van der Waals surface area (Å²) in [6, 6.07) is 5.83. The second kappa shape index (κ2) is 6.63. The van der Waals surface area contributed by atoms with Crippen molar-refractivity contribution in [1.82, 2.24) is 0 Å². The molecule has 1 aliphatic rings. The molecule has 0 saturated heterocycles. The molecule has 126 valence electrons. The molecule has 23 heavy (non-hydrogen) atoms. The molecule has 0 aromatic heterocycles. The van der Waals surface area contributed by atoms with E-state index in [2.05, 4.69) is 15.9 Å². The average molecular weight is 383 g/mol. The number of alkyl halides is 1. The van der Waals surface area contributed by atoms with Crippen molar-refractivity contribution in [3.05, 3.63) is 29.3 Å². The number of ketones is 1. The predicted molar refractivity (Wildman–Crippen MR) is 92.2 cm³/mol. The van der Waals surface area contributed by atoms with Crippen LogP contribution >= 0.6 is 15.9 Å². The van der Waals surface area contributed by atoms with Crippen LogP contribution in [0.4, 0.5) is 0 Å². The molecule has 1 unspecified atom stereocenters. The van der Waals surface area contributed by atoms with Crippen LogP contribution in [0.2, 0.25) is 0 Å². The van der Waals surface area contributed by atoms with Crippen molar-refractivity contribution in [2.45, 2.75) is 39.0 Å². The first-order valence-corrected chi connectivity index (χ1v) is 8.81. The Balaban J connectivity index is 2.45. The highest BCUT2D eigenvalue weighted by atomic mass is 79.9. The first-order chi connectivity index (χ1) is 10.8. The summed E-state index contributed by atoms with van der Waals surface area (Å²) in [5.41, 5.74) is 0.640. The van der Waals surface area contributed by atoms with Crippen molar-refractivity contribution >= 4 is 27.7 Å². The standard InChI is InChI=1S/C18H23BrO4/c1-17(2,16(21)22-4)10-12-6-5-7-13-15(12)23-9-8-18(13,3)14(20)11-19/h5-7H,8-11H2,1-4H3. The van der Waals surface area contributed by atoms with Gasteiger partial charge in [-0.2, -0.15) is 0 Å². The third-order valence-corrected chi connectivity index (χ3v) is 5.16. The maximum atomic E-state index is 12.4. The second-order valence-electron chi connectivity index (χ2n) is 6.83. The highest BCUT2D eigenvalue weighted by molar-refractivity contribution is 9.09. The van der Waals surface area contributed by atoms with Gasteiger partial charge in [-0.05, 0) is 39.2 Å². The molecule has 2 rings (SSSR count). The van der Waals surface area contributed by atoms with Crippen molar-refractivity contribution in [1.29, 1.82) is 0 Å². The molecule has 1 aromatic rings. The maximum Gasteiger partial charge on any atom is 0.311 e. The van der Waals surface area contributed by atoms with E-state index < -0.39 is 10.8 Å². The quantitative estimate of drug-likeness (QED) is 0.578. The van der Waals surface area contributed by atoms with Crippen LogP contribution in [0.1, 0.15) is 38.3 Å². The lowest BCUT2D eigenvalue weighted by atomic mass is 9.73. The van der Waals surface area contributed by atoms with Gasteiger partial charge in [-0.15, -0.1) is 0 Å². The molecule has 1 aromatic carbocycles. The molecule has 0 N–H and O–H groups in total. The zero-order valence-electron chi connectivity index (χ0n) is 14.1. The summed E-state index contributed by atoms with van der Waals surface area (Å²) in [5.74, 6) is 0.629. The molecule has 1 aliphatic heterocycles. The number of ether oxygens (including phenoxy) is 2. The Morgan fingerprint density at radius 2 is 2.09 bits per heavy atom. The van der Waals surface area contributed by atoms with Crippen molar-refractivity contribution in [3.63, 3.8) is 0 Å². The lowest BCUT2D eigenvalue weighted by Crippen LogP contribution is -2.39. The third-order valence-electron chi connectivity index (χ3n) is 4.65. The molecule has 5 heteroatoms. The smallest absolute Gasteiger partial charge is 0.311 e. The van der Waals surface area contributed by atoms with Crippen LogP contribution in [0.5, 0.6) is 5.75 Å². The van der Waals surface area contributed by atoms with Crippen molar-refractivity contribution in [2.24, 2.45) is 5.41 Å². The molecule has 0 aliphatic carbocycles. The Morgan fingerprint density at radius 1 is 1.39 bits per heavy atom. The Labute approximate surface area is 145 Å². The number of carbonyl (C=O) groups is 2. The average Bonchev–Trinajstić information content (AvgIpc) is 2.53. The van der Waals surface area contributed by atoms with Gasteiger partial charge in [0.25, 0.3) is 0 Å². The van der Waals surface area contributed by atoms with Crippen LogP contribution in [0.25, 0.3) is 0 Å². The van der Waals surface area contributed by atoms with Crippen molar-refractivity contribution < 1.29 is 19.1 Å². The summed E-state index contributed by atoms with van der Waals surface area (Å²) < 4.78 is 10.8. The Bertz CT molecular complexity index is 623. The molecule has 0 radical (unpaired) electrons. The zero-order chi connectivity index (χ0) is 17.3. The first kappa shape index (κ1) is 18.0. The van der Waals surface area contributed by atoms with E-state index in [4.69, 9.17) is 9.47 Å². The first-order valence-electron chi connectivity index (χ1n) is 7.69. The number of para-hydroxylation sites is 1. The van der Waals surface area contributed by atoms with E-state index in [1.54, 1.807) is 0 Å². The fourth-order valence-corrected chi connectivity index (χ4v) is 3.70. The largest absolute Gasteiger partial charge is 0.493 e. The topological polar surface area (TPSA) is 52.6 Å². The molecule has 0 saturated carbocycles. The van der Waals surface area contributed by atoms with E-state index in [0.717, 1.165) is 16.9 Å². The second-order valence-corrected chi connectivity index (χ2v) is 7.39. The van der Waals surface area contributed by atoms with Crippen molar-refractivity contribution in [2.75, 3.05) is 19.0 Å².